The summed E-state index contributed by atoms with van der Waals surface area (Å²) in [7, 11) is 0. The monoisotopic (exact) mass is 333 g/mol. The zero-order valence-electron chi connectivity index (χ0n) is 13.4. The topological polar surface area (TPSA) is 66.6 Å². The first-order valence-corrected chi connectivity index (χ1v) is 9.12. The Kier molecular flexibility index (Phi) is 4.64. The van der Waals surface area contributed by atoms with Crippen LogP contribution in [0.25, 0.3) is 0 Å². The van der Waals surface area contributed by atoms with E-state index in [0.717, 1.165) is 13.0 Å². The molecule has 2 saturated heterocycles. The van der Waals surface area contributed by atoms with Gasteiger partial charge in [0.15, 0.2) is 0 Å². The first-order valence-electron chi connectivity index (χ1n) is 7.97. The van der Waals surface area contributed by atoms with Gasteiger partial charge in [-0.1, -0.05) is 25.1 Å². The second kappa shape index (κ2) is 6.53. The van der Waals surface area contributed by atoms with Crippen molar-refractivity contribution in [2.24, 2.45) is 11.1 Å². The third-order valence-corrected chi connectivity index (χ3v) is 5.82. The maximum absolute atomic E-state index is 12.9. The van der Waals surface area contributed by atoms with E-state index >= 15 is 0 Å². The van der Waals surface area contributed by atoms with Gasteiger partial charge in [0.05, 0.1) is 5.88 Å². The molecule has 2 N–H and O–H groups in total. The molecule has 2 aliphatic heterocycles. The molecule has 2 heterocycles. The van der Waals surface area contributed by atoms with Crippen molar-refractivity contribution in [2.75, 3.05) is 31.3 Å². The van der Waals surface area contributed by atoms with Crippen molar-refractivity contribution in [1.82, 2.24) is 9.80 Å². The Labute approximate surface area is 141 Å². The number of rotatable bonds is 3. The second-order valence-corrected chi connectivity index (χ2v) is 7.68. The molecule has 2 unspecified atom stereocenters. The largest absolute Gasteiger partial charge is 0.340 e. The molecule has 3 rings (SSSR count). The molecule has 2 fully saturated rings. The van der Waals surface area contributed by atoms with E-state index in [2.05, 4.69) is 6.92 Å². The lowest BCUT2D eigenvalue weighted by molar-refractivity contribution is -0.134. The van der Waals surface area contributed by atoms with Gasteiger partial charge in [0, 0.05) is 24.4 Å². The summed E-state index contributed by atoms with van der Waals surface area (Å²) in [5.41, 5.74) is 6.48. The Hall–Kier alpha value is -1.53. The summed E-state index contributed by atoms with van der Waals surface area (Å²) < 4.78 is 0. The standard InChI is InChI=1S/C17H23N3O2S/c1-17(10-18)7-8-19(11-17)16(22)14-9-23-12-20(14)15(21)13-5-3-2-4-6-13/h2-6,14H,7-12,18H2,1H3. The molecule has 1 aromatic carbocycles. The van der Waals surface area contributed by atoms with Crippen LogP contribution in [0.4, 0.5) is 0 Å². The van der Waals surface area contributed by atoms with Crippen molar-refractivity contribution in [1.29, 1.82) is 0 Å². The molecule has 2 atom stereocenters. The van der Waals surface area contributed by atoms with E-state index in [-0.39, 0.29) is 23.3 Å². The lowest BCUT2D eigenvalue weighted by Crippen LogP contribution is -2.49. The third-order valence-electron chi connectivity index (χ3n) is 4.81. The Morgan fingerprint density at radius 2 is 2.09 bits per heavy atom. The molecule has 2 amide bonds. The van der Waals surface area contributed by atoms with Crippen LogP contribution in [-0.2, 0) is 4.79 Å². The number of nitrogens with zero attached hydrogens (tertiary/aromatic N) is 2. The number of likely N-dealkylation sites (tertiary alicyclic amines) is 1. The number of amides is 2. The summed E-state index contributed by atoms with van der Waals surface area (Å²) >= 11 is 1.64. The van der Waals surface area contributed by atoms with Crippen LogP contribution in [-0.4, -0.2) is 58.9 Å². The molecule has 5 nitrogen and oxygen atoms in total. The van der Waals surface area contributed by atoms with Crippen LogP contribution < -0.4 is 5.73 Å². The fraction of sp³-hybridized carbons (Fsp3) is 0.529. The lowest BCUT2D eigenvalue weighted by Gasteiger charge is -2.28. The molecule has 0 bridgehead atoms. The Bertz CT molecular complexity index is 595. The number of carbonyl (C=O) groups is 2. The van der Waals surface area contributed by atoms with Gasteiger partial charge in [-0.3, -0.25) is 9.59 Å². The molecule has 0 radical (unpaired) electrons. The highest BCUT2D eigenvalue weighted by atomic mass is 32.2. The van der Waals surface area contributed by atoms with Crippen LogP contribution >= 0.6 is 11.8 Å². The minimum atomic E-state index is -0.354. The van der Waals surface area contributed by atoms with E-state index in [4.69, 9.17) is 5.73 Å². The van der Waals surface area contributed by atoms with E-state index in [0.29, 0.717) is 30.3 Å². The molecule has 0 saturated carbocycles. The molecule has 2 aliphatic rings. The van der Waals surface area contributed by atoms with Crippen LogP contribution in [0.3, 0.4) is 0 Å². The molecular formula is C17H23N3O2S. The summed E-state index contributed by atoms with van der Waals surface area (Å²) in [6.45, 7) is 4.14. The molecular weight excluding hydrogens is 310 g/mol. The minimum absolute atomic E-state index is 0.00960. The predicted octanol–water partition coefficient (Wildman–Crippen LogP) is 1.40. The Morgan fingerprint density at radius 3 is 2.74 bits per heavy atom. The first kappa shape index (κ1) is 16.3. The van der Waals surface area contributed by atoms with Crippen LogP contribution in [0, 0.1) is 5.41 Å². The van der Waals surface area contributed by atoms with E-state index in [1.807, 2.05) is 23.1 Å². The number of thioether (sulfide) groups is 1. The third kappa shape index (κ3) is 3.23. The minimum Gasteiger partial charge on any atom is -0.340 e. The molecule has 0 aliphatic carbocycles. The Balaban J connectivity index is 1.72. The van der Waals surface area contributed by atoms with Gasteiger partial charge in [0.1, 0.15) is 6.04 Å². The number of nitrogens with two attached hydrogens (primary N) is 1. The molecule has 0 spiro atoms. The summed E-state index contributed by atoms with van der Waals surface area (Å²) in [6.07, 6.45) is 0.932. The molecule has 23 heavy (non-hydrogen) atoms. The van der Waals surface area contributed by atoms with Gasteiger partial charge in [-0.25, -0.2) is 0 Å². The van der Waals surface area contributed by atoms with Crippen molar-refractivity contribution in [3.05, 3.63) is 35.9 Å². The van der Waals surface area contributed by atoms with Gasteiger partial charge in [0.2, 0.25) is 5.91 Å². The highest BCUT2D eigenvalue weighted by molar-refractivity contribution is 7.99. The Morgan fingerprint density at radius 1 is 1.35 bits per heavy atom. The highest BCUT2D eigenvalue weighted by Crippen LogP contribution is 2.31. The number of benzene rings is 1. The number of carbonyl (C=O) groups excluding carboxylic acids is 2. The molecule has 6 heteroatoms. The fourth-order valence-corrected chi connectivity index (χ4v) is 4.33. The average molecular weight is 333 g/mol. The maximum atomic E-state index is 12.9. The van der Waals surface area contributed by atoms with Crippen molar-refractivity contribution >= 4 is 23.6 Å². The molecule has 0 aromatic heterocycles. The van der Waals surface area contributed by atoms with Crippen molar-refractivity contribution in [3.8, 4) is 0 Å². The van der Waals surface area contributed by atoms with Crippen LogP contribution in [0.15, 0.2) is 30.3 Å². The molecule has 124 valence electrons. The van der Waals surface area contributed by atoms with Crippen LogP contribution in [0.1, 0.15) is 23.7 Å². The lowest BCUT2D eigenvalue weighted by atomic mass is 9.90. The van der Waals surface area contributed by atoms with E-state index in [9.17, 15) is 9.59 Å². The van der Waals surface area contributed by atoms with Gasteiger partial charge in [-0.2, -0.15) is 0 Å². The van der Waals surface area contributed by atoms with E-state index in [1.54, 1.807) is 28.8 Å². The summed E-state index contributed by atoms with van der Waals surface area (Å²) in [5, 5.41) is 0. The van der Waals surface area contributed by atoms with Crippen LogP contribution in [0.5, 0.6) is 0 Å². The quantitative estimate of drug-likeness (QED) is 0.908. The van der Waals surface area contributed by atoms with Crippen molar-refractivity contribution in [2.45, 2.75) is 19.4 Å². The normalized spacial score (nSPS) is 27.5. The SMILES string of the molecule is CC1(CN)CCN(C(=O)C2CSCN2C(=O)c2ccccc2)C1. The van der Waals surface area contributed by atoms with Crippen molar-refractivity contribution in [3.63, 3.8) is 0 Å². The van der Waals surface area contributed by atoms with E-state index < -0.39 is 0 Å². The van der Waals surface area contributed by atoms with Crippen molar-refractivity contribution < 1.29 is 9.59 Å². The second-order valence-electron chi connectivity index (χ2n) is 6.68. The summed E-state index contributed by atoms with van der Waals surface area (Å²) in [6, 6.07) is 8.83. The molecule has 1 aromatic rings. The zero-order valence-corrected chi connectivity index (χ0v) is 14.2. The zero-order chi connectivity index (χ0) is 16.4. The predicted molar refractivity (Wildman–Crippen MR) is 92.1 cm³/mol. The summed E-state index contributed by atoms with van der Waals surface area (Å²) in [4.78, 5) is 29.1. The van der Waals surface area contributed by atoms with Gasteiger partial charge < -0.3 is 15.5 Å². The van der Waals surface area contributed by atoms with Gasteiger partial charge in [-0.15, -0.1) is 11.8 Å². The van der Waals surface area contributed by atoms with Gasteiger partial charge >= 0.3 is 0 Å². The van der Waals surface area contributed by atoms with Crippen LogP contribution in [0.2, 0.25) is 0 Å². The maximum Gasteiger partial charge on any atom is 0.255 e. The van der Waals surface area contributed by atoms with Gasteiger partial charge in [0.25, 0.3) is 5.91 Å². The number of hydrogen-bond donors (Lipinski definition) is 1. The number of hydrogen-bond acceptors (Lipinski definition) is 4. The van der Waals surface area contributed by atoms with E-state index in [1.165, 1.54) is 0 Å². The van der Waals surface area contributed by atoms with Gasteiger partial charge in [-0.05, 0) is 30.5 Å². The first-order chi connectivity index (χ1) is 11.0. The summed E-state index contributed by atoms with van der Waals surface area (Å²) in [5.74, 6) is 1.26. The highest BCUT2D eigenvalue weighted by Gasteiger charge is 2.42. The smallest absolute Gasteiger partial charge is 0.255 e. The fourth-order valence-electron chi connectivity index (χ4n) is 3.18. The average Bonchev–Trinajstić information content (AvgIpc) is 3.22.